The Labute approximate surface area is 267 Å². The molecule has 3 aliphatic rings. The standard InChI is InChI=1S/C35H37N3O6S/c1-35(2,3)44-34(43)38-27-16-10-9-12-23(27)18-29(38)32(40)37-21-26(45-25-14-5-4-6-15-25)19-28(37)31(39)36-20-24-13-8-7-11-22(24)17-30(36)33(41)42/h4-16,26,28-30H,17-21H2,1-3H3,(H,41,42)/t26-,28-,29-,30-/m1/s1. The van der Waals surface area contributed by atoms with Gasteiger partial charge in [-0.3, -0.25) is 14.5 Å². The lowest BCUT2D eigenvalue weighted by atomic mass is 9.93. The quantitative estimate of drug-likeness (QED) is 0.417. The molecule has 45 heavy (non-hydrogen) atoms. The number of benzene rings is 3. The van der Waals surface area contributed by atoms with E-state index in [4.69, 9.17) is 4.74 Å². The highest BCUT2D eigenvalue weighted by molar-refractivity contribution is 8.00. The molecule has 6 rings (SSSR count). The number of carbonyl (C=O) groups is 4. The fourth-order valence-electron chi connectivity index (χ4n) is 6.53. The Balaban J connectivity index is 1.33. The van der Waals surface area contributed by atoms with Gasteiger partial charge < -0.3 is 19.6 Å². The van der Waals surface area contributed by atoms with Crippen molar-refractivity contribution in [2.75, 3.05) is 11.4 Å². The first-order valence-electron chi connectivity index (χ1n) is 15.2. The number of ether oxygens (including phenoxy) is 1. The summed E-state index contributed by atoms with van der Waals surface area (Å²) in [5, 5.41) is 10.1. The molecule has 1 fully saturated rings. The predicted molar refractivity (Wildman–Crippen MR) is 171 cm³/mol. The molecule has 3 aromatic rings. The molecular formula is C35H37N3O6S. The van der Waals surface area contributed by atoms with Crippen LogP contribution < -0.4 is 4.90 Å². The minimum Gasteiger partial charge on any atom is -0.480 e. The first kappa shape index (κ1) is 30.7. The molecular weight excluding hydrogens is 590 g/mol. The van der Waals surface area contributed by atoms with E-state index in [-0.39, 0.29) is 43.0 Å². The van der Waals surface area contributed by atoms with Crippen LogP contribution in [0.25, 0.3) is 0 Å². The molecule has 0 radical (unpaired) electrons. The molecule has 0 aromatic heterocycles. The van der Waals surface area contributed by atoms with Crippen LogP contribution in [0, 0.1) is 0 Å². The van der Waals surface area contributed by atoms with Crippen LogP contribution in [0.3, 0.4) is 0 Å². The van der Waals surface area contributed by atoms with Crippen LogP contribution in [-0.4, -0.2) is 74.3 Å². The van der Waals surface area contributed by atoms with Gasteiger partial charge in [-0.15, -0.1) is 11.8 Å². The second kappa shape index (κ2) is 12.2. The van der Waals surface area contributed by atoms with Crippen molar-refractivity contribution in [3.05, 3.63) is 95.6 Å². The highest BCUT2D eigenvalue weighted by Crippen LogP contribution is 2.39. The van der Waals surface area contributed by atoms with E-state index < -0.39 is 35.8 Å². The van der Waals surface area contributed by atoms with E-state index >= 15 is 0 Å². The Morgan fingerprint density at radius 2 is 1.36 bits per heavy atom. The summed E-state index contributed by atoms with van der Waals surface area (Å²) in [5.74, 6) is -1.82. The summed E-state index contributed by atoms with van der Waals surface area (Å²) in [6, 6.07) is 21.9. The number of amides is 3. The summed E-state index contributed by atoms with van der Waals surface area (Å²) in [4.78, 5) is 60.4. The van der Waals surface area contributed by atoms with E-state index in [9.17, 15) is 24.3 Å². The van der Waals surface area contributed by atoms with Crippen molar-refractivity contribution >= 4 is 41.3 Å². The zero-order valence-electron chi connectivity index (χ0n) is 25.6. The molecule has 10 heteroatoms. The summed E-state index contributed by atoms with van der Waals surface area (Å²) in [5.41, 5.74) is 2.49. The SMILES string of the molecule is CC(C)(C)OC(=O)N1c2ccccc2C[C@@H]1C(=O)N1C[C@H](Sc2ccccc2)C[C@@H]1C(=O)N1Cc2ccccc2C[C@@H]1C(=O)O. The largest absolute Gasteiger partial charge is 0.480 e. The van der Waals surface area contributed by atoms with Crippen LogP contribution in [0.5, 0.6) is 0 Å². The molecule has 3 heterocycles. The lowest BCUT2D eigenvalue weighted by Gasteiger charge is -2.38. The van der Waals surface area contributed by atoms with Gasteiger partial charge in [-0.2, -0.15) is 0 Å². The Morgan fingerprint density at radius 1 is 0.756 bits per heavy atom. The third kappa shape index (κ3) is 6.29. The van der Waals surface area contributed by atoms with Gasteiger partial charge in [-0.05, 0) is 62.1 Å². The summed E-state index contributed by atoms with van der Waals surface area (Å²) in [7, 11) is 0. The normalized spacial score (nSPS) is 22.5. The fraction of sp³-hybridized carbons (Fsp3) is 0.371. The molecule has 1 saturated heterocycles. The van der Waals surface area contributed by atoms with Gasteiger partial charge in [-0.1, -0.05) is 60.7 Å². The van der Waals surface area contributed by atoms with Gasteiger partial charge in [0.05, 0.1) is 5.69 Å². The smallest absolute Gasteiger partial charge is 0.415 e. The average molecular weight is 628 g/mol. The molecule has 0 unspecified atom stereocenters. The van der Waals surface area contributed by atoms with Crippen LogP contribution in [0.2, 0.25) is 0 Å². The Morgan fingerprint density at radius 3 is 2.04 bits per heavy atom. The number of aliphatic carboxylic acids is 1. The molecule has 3 aliphatic heterocycles. The van der Waals surface area contributed by atoms with Gasteiger partial charge in [0.2, 0.25) is 11.8 Å². The van der Waals surface area contributed by atoms with Crippen LogP contribution in [0.1, 0.15) is 43.9 Å². The van der Waals surface area contributed by atoms with Crippen LogP contribution in [-0.2, 0) is 38.5 Å². The second-order valence-electron chi connectivity index (χ2n) is 12.8. The molecule has 0 spiro atoms. The number of carboxylic acids is 1. The van der Waals surface area contributed by atoms with E-state index in [2.05, 4.69) is 0 Å². The van der Waals surface area contributed by atoms with Crippen molar-refractivity contribution in [3.63, 3.8) is 0 Å². The van der Waals surface area contributed by atoms with E-state index in [1.54, 1.807) is 43.5 Å². The van der Waals surface area contributed by atoms with Crippen molar-refractivity contribution in [1.29, 1.82) is 0 Å². The lowest BCUT2D eigenvalue weighted by molar-refractivity contribution is -0.155. The van der Waals surface area contributed by atoms with Gasteiger partial charge in [0.1, 0.15) is 23.7 Å². The third-order valence-electron chi connectivity index (χ3n) is 8.54. The number of hydrogen-bond acceptors (Lipinski definition) is 6. The molecule has 3 amide bonds. The number of carboxylic acid groups (broad SMARTS) is 1. The number of carbonyl (C=O) groups excluding carboxylic acids is 3. The predicted octanol–water partition coefficient (Wildman–Crippen LogP) is 5.15. The van der Waals surface area contributed by atoms with Crippen molar-refractivity contribution in [3.8, 4) is 0 Å². The third-order valence-corrected chi connectivity index (χ3v) is 9.76. The minimum atomic E-state index is -1.08. The van der Waals surface area contributed by atoms with Crippen LogP contribution in [0.4, 0.5) is 10.5 Å². The first-order chi connectivity index (χ1) is 21.5. The Bertz CT molecular complexity index is 1620. The zero-order valence-corrected chi connectivity index (χ0v) is 26.4. The van der Waals surface area contributed by atoms with Crippen LogP contribution in [0.15, 0.2) is 83.8 Å². The van der Waals surface area contributed by atoms with Crippen molar-refractivity contribution in [2.24, 2.45) is 0 Å². The zero-order chi connectivity index (χ0) is 31.9. The number of likely N-dealkylation sites (tertiary alicyclic amines) is 1. The summed E-state index contributed by atoms with van der Waals surface area (Å²) < 4.78 is 5.74. The summed E-state index contributed by atoms with van der Waals surface area (Å²) >= 11 is 1.59. The van der Waals surface area contributed by atoms with Gasteiger partial charge in [-0.25, -0.2) is 9.59 Å². The Hall–Kier alpha value is -4.31. The van der Waals surface area contributed by atoms with Gasteiger partial charge in [0, 0.05) is 36.1 Å². The molecule has 0 saturated carbocycles. The fourth-order valence-corrected chi connectivity index (χ4v) is 7.74. The maximum absolute atomic E-state index is 14.6. The minimum absolute atomic E-state index is 0.107. The maximum atomic E-state index is 14.6. The van der Waals surface area contributed by atoms with Crippen molar-refractivity contribution in [1.82, 2.24) is 9.80 Å². The Kier molecular flexibility index (Phi) is 8.35. The monoisotopic (exact) mass is 627 g/mol. The molecule has 9 nitrogen and oxygen atoms in total. The number of fused-ring (bicyclic) bond motifs is 2. The van der Waals surface area contributed by atoms with Gasteiger partial charge >= 0.3 is 12.1 Å². The second-order valence-corrected chi connectivity index (χ2v) is 14.2. The first-order valence-corrected chi connectivity index (χ1v) is 16.1. The van der Waals surface area contributed by atoms with Gasteiger partial charge in [0.25, 0.3) is 0 Å². The van der Waals surface area contributed by atoms with Gasteiger partial charge in [0.15, 0.2) is 0 Å². The van der Waals surface area contributed by atoms with E-state index in [0.29, 0.717) is 12.1 Å². The highest BCUT2D eigenvalue weighted by atomic mass is 32.2. The molecule has 0 aliphatic carbocycles. The number of nitrogens with zero attached hydrogens (tertiary/aromatic N) is 3. The highest BCUT2D eigenvalue weighted by Gasteiger charge is 2.49. The van der Waals surface area contributed by atoms with E-state index in [0.717, 1.165) is 21.6 Å². The van der Waals surface area contributed by atoms with E-state index in [1.807, 2.05) is 72.8 Å². The topological polar surface area (TPSA) is 107 Å². The average Bonchev–Trinajstić information content (AvgIpc) is 3.61. The number of thioether (sulfide) groups is 1. The molecule has 234 valence electrons. The van der Waals surface area contributed by atoms with Crippen molar-refractivity contribution < 1.29 is 29.0 Å². The summed E-state index contributed by atoms with van der Waals surface area (Å²) in [6.45, 7) is 5.77. The number of rotatable bonds is 5. The molecule has 1 N–H and O–H groups in total. The molecule has 3 aromatic carbocycles. The maximum Gasteiger partial charge on any atom is 0.415 e. The van der Waals surface area contributed by atoms with Crippen molar-refractivity contribution in [2.45, 2.75) is 80.5 Å². The molecule has 0 bridgehead atoms. The van der Waals surface area contributed by atoms with E-state index in [1.165, 1.54) is 9.80 Å². The summed E-state index contributed by atoms with van der Waals surface area (Å²) in [6.07, 6.45) is 0.226. The number of hydrogen-bond donors (Lipinski definition) is 1. The number of anilines is 1. The van der Waals surface area contributed by atoms with Crippen LogP contribution >= 0.6 is 11.8 Å². The number of para-hydroxylation sites is 1. The molecule has 4 atom stereocenters. The lowest BCUT2D eigenvalue weighted by Crippen LogP contribution is -2.58.